The molecule has 1 rings (SSSR count). The lowest BCUT2D eigenvalue weighted by molar-refractivity contribution is 0.147. The number of nitrogens with one attached hydrogen (secondary N) is 1. The smallest absolute Gasteiger partial charge is 0.148 e. The number of halogens is 1. The maximum Gasteiger partial charge on any atom is 0.148 e. The van der Waals surface area contributed by atoms with Gasteiger partial charge in [0.15, 0.2) is 0 Å². The van der Waals surface area contributed by atoms with E-state index in [1.807, 2.05) is 0 Å². The van der Waals surface area contributed by atoms with E-state index in [4.69, 9.17) is 21.8 Å². The molecule has 0 saturated heterocycles. The normalized spacial score (nSPS) is 11.4. The van der Waals surface area contributed by atoms with Crippen LogP contribution >= 0.6 is 11.6 Å². The molecule has 14 heavy (non-hydrogen) atoms. The predicted molar refractivity (Wildman–Crippen MR) is 53.2 cm³/mol. The minimum atomic E-state index is -0.835. The van der Waals surface area contributed by atoms with Gasteiger partial charge in [0.2, 0.25) is 0 Å². The van der Waals surface area contributed by atoms with Gasteiger partial charge >= 0.3 is 0 Å². The highest BCUT2D eigenvalue weighted by Gasteiger charge is 2.23. The minimum Gasteiger partial charge on any atom is -0.394 e. The van der Waals surface area contributed by atoms with E-state index in [0.717, 1.165) is 0 Å². The van der Waals surface area contributed by atoms with Crippen LogP contribution in [0.15, 0.2) is 12.5 Å². The van der Waals surface area contributed by atoms with Crippen LogP contribution in [0.4, 0.5) is 5.82 Å². The fourth-order valence-corrected chi connectivity index (χ4v) is 0.972. The standard InChI is InChI=1S/C8H12ClN3O2/c1-8(3-13,4-14)12-7-6(9)2-10-5-11-7/h2,5,13-14H,3-4H2,1H3,(H,10,11,12). The Labute approximate surface area is 86.8 Å². The van der Waals surface area contributed by atoms with Crippen LogP contribution in [0.1, 0.15) is 6.92 Å². The summed E-state index contributed by atoms with van der Waals surface area (Å²) in [5.41, 5.74) is -0.835. The fraction of sp³-hybridized carbons (Fsp3) is 0.500. The molecule has 0 aromatic carbocycles. The molecular formula is C8H12ClN3O2. The molecule has 78 valence electrons. The van der Waals surface area contributed by atoms with E-state index in [1.54, 1.807) is 6.92 Å². The second kappa shape index (κ2) is 4.54. The maximum absolute atomic E-state index is 9.03. The van der Waals surface area contributed by atoms with Gasteiger partial charge in [-0.15, -0.1) is 0 Å². The second-order valence-corrected chi connectivity index (χ2v) is 3.63. The van der Waals surface area contributed by atoms with Crippen LogP contribution in [0.2, 0.25) is 5.02 Å². The van der Waals surface area contributed by atoms with Crippen molar-refractivity contribution < 1.29 is 10.2 Å². The van der Waals surface area contributed by atoms with Crippen molar-refractivity contribution in [1.82, 2.24) is 9.97 Å². The summed E-state index contributed by atoms with van der Waals surface area (Å²) in [5.74, 6) is 0.396. The number of aromatic nitrogens is 2. The first kappa shape index (κ1) is 11.2. The molecule has 1 aromatic heterocycles. The van der Waals surface area contributed by atoms with E-state index in [2.05, 4.69) is 15.3 Å². The van der Waals surface area contributed by atoms with Crippen LogP contribution in [0.3, 0.4) is 0 Å². The Morgan fingerprint density at radius 2 is 2.14 bits per heavy atom. The monoisotopic (exact) mass is 217 g/mol. The molecule has 0 atom stereocenters. The Morgan fingerprint density at radius 1 is 1.50 bits per heavy atom. The van der Waals surface area contributed by atoms with Gasteiger partial charge in [0.05, 0.1) is 24.9 Å². The van der Waals surface area contributed by atoms with Crippen molar-refractivity contribution in [2.24, 2.45) is 0 Å². The van der Waals surface area contributed by atoms with Crippen molar-refractivity contribution >= 4 is 17.4 Å². The first-order valence-corrected chi connectivity index (χ1v) is 4.44. The minimum absolute atomic E-state index is 0.218. The summed E-state index contributed by atoms with van der Waals surface area (Å²) in [7, 11) is 0. The lowest BCUT2D eigenvalue weighted by Crippen LogP contribution is -2.42. The summed E-state index contributed by atoms with van der Waals surface area (Å²) >= 11 is 5.79. The molecule has 0 aliphatic carbocycles. The Hall–Kier alpha value is -0.910. The van der Waals surface area contributed by atoms with Crippen molar-refractivity contribution in [2.45, 2.75) is 12.5 Å². The lowest BCUT2D eigenvalue weighted by Gasteiger charge is -2.26. The Morgan fingerprint density at radius 3 is 2.64 bits per heavy atom. The zero-order chi connectivity index (χ0) is 10.6. The number of nitrogens with zero attached hydrogens (tertiary/aromatic N) is 2. The predicted octanol–water partition coefficient (Wildman–Crippen LogP) is 0.285. The van der Waals surface area contributed by atoms with Crippen LogP contribution in [0.25, 0.3) is 0 Å². The number of hydrogen-bond donors (Lipinski definition) is 3. The Bertz CT molecular complexity index is 304. The zero-order valence-corrected chi connectivity index (χ0v) is 8.49. The summed E-state index contributed by atoms with van der Waals surface area (Å²) in [5, 5.41) is 21.2. The Balaban J connectivity index is 2.82. The van der Waals surface area contributed by atoms with Crippen LogP contribution in [0.5, 0.6) is 0 Å². The quantitative estimate of drug-likeness (QED) is 0.676. The summed E-state index contributed by atoms with van der Waals surface area (Å²) < 4.78 is 0. The third-order valence-electron chi connectivity index (χ3n) is 1.79. The molecule has 0 bridgehead atoms. The van der Waals surface area contributed by atoms with E-state index in [-0.39, 0.29) is 13.2 Å². The number of rotatable bonds is 4. The largest absolute Gasteiger partial charge is 0.394 e. The van der Waals surface area contributed by atoms with E-state index in [9.17, 15) is 0 Å². The van der Waals surface area contributed by atoms with Crippen LogP contribution in [-0.2, 0) is 0 Å². The van der Waals surface area contributed by atoms with Gasteiger partial charge in [-0.1, -0.05) is 11.6 Å². The van der Waals surface area contributed by atoms with Gasteiger partial charge in [0, 0.05) is 0 Å². The molecule has 1 aromatic rings. The molecule has 0 radical (unpaired) electrons. The molecule has 0 aliphatic rings. The molecule has 0 fully saturated rings. The molecule has 0 amide bonds. The highest BCUT2D eigenvalue weighted by atomic mass is 35.5. The van der Waals surface area contributed by atoms with Gasteiger partial charge in [-0.25, -0.2) is 9.97 Å². The van der Waals surface area contributed by atoms with E-state index >= 15 is 0 Å². The van der Waals surface area contributed by atoms with Gasteiger partial charge in [0.1, 0.15) is 17.2 Å². The van der Waals surface area contributed by atoms with Crippen molar-refractivity contribution in [1.29, 1.82) is 0 Å². The van der Waals surface area contributed by atoms with Crippen LogP contribution in [-0.4, -0.2) is 38.9 Å². The van der Waals surface area contributed by atoms with Crippen molar-refractivity contribution in [3.63, 3.8) is 0 Å². The van der Waals surface area contributed by atoms with Gasteiger partial charge < -0.3 is 15.5 Å². The maximum atomic E-state index is 9.03. The van der Waals surface area contributed by atoms with Crippen molar-refractivity contribution in [3.8, 4) is 0 Å². The average molecular weight is 218 g/mol. The summed E-state index contributed by atoms with van der Waals surface area (Å²) in [6, 6.07) is 0. The highest BCUT2D eigenvalue weighted by molar-refractivity contribution is 6.32. The average Bonchev–Trinajstić information content (AvgIpc) is 2.21. The van der Waals surface area contributed by atoms with Gasteiger partial charge in [-0.05, 0) is 6.92 Å². The number of anilines is 1. The van der Waals surface area contributed by atoms with Crippen molar-refractivity contribution in [3.05, 3.63) is 17.5 Å². The highest BCUT2D eigenvalue weighted by Crippen LogP contribution is 2.20. The fourth-order valence-electron chi connectivity index (χ4n) is 0.820. The van der Waals surface area contributed by atoms with E-state index < -0.39 is 5.54 Å². The Kier molecular flexibility index (Phi) is 3.62. The zero-order valence-electron chi connectivity index (χ0n) is 7.74. The molecule has 0 aliphatic heterocycles. The lowest BCUT2D eigenvalue weighted by atomic mass is 10.1. The topological polar surface area (TPSA) is 78.3 Å². The summed E-state index contributed by atoms with van der Waals surface area (Å²) in [4.78, 5) is 7.60. The molecule has 5 nitrogen and oxygen atoms in total. The second-order valence-electron chi connectivity index (χ2n) is 3.22. The van der Waals surface area contributed by atoms with Gasteiger partial charge in [0.25, 0.3) is 0 Å². The molecule has 6 heteroatoms. The van der Waals surface area contributed by atoms with E-state index in [0.29, 0.717) is 10.8 Å². The van der Waals surface area contributed by atoms with Gasteiger partial charge in [-0.2, -0.15) is 0 Å². The third kappa shape index (κ3) is 2.54. The summed E-state index contributed by atoms with van der Waals surface area (Å²) in [6.45, 7) is 1.22. The molecule has 3 N–H and O–H groups in total. The molecular weight excluding hydrogens is 206 g/mol. The number of hydrogen-bond acceptors (Lipinski definition) is 5. The third-order valence-corrected chi connectivity index (χ3v) is 2.06. The summed E-state index contributed by atoms with van der Waals surface area (Å²) in [6.07, 6.45) is 2.77. The molecule has 0 saturated carbocycles. The van der Waals surface area contributed by atoms with E-state index in [1.165, 1.54) is 12.5 Å². The molecule has 0 unspecified atom stereocenters. The van der Waals surface area contributed by atoms with Crippen LogP contribution < -0.4 is 5.32 Å². The number of aliphatic hydroxyl groups excluding tert-OH is 2. The molecule has 1 heterocycles. The van der Waals surface area contributed by atoms with Gasteiger partial charge in [-0.3, -0.25) is 0 Å². The number of aliphatic hydroxyl groups is 2. The van der Waals surface area contributed by atoms with Crippen molar-refractivity contribution in [2.75, 3.05) is 18.5 Å². The first-order valence-electron chi connectivity index (χ1n) is 4.07. The first-order chi connectivity index (χ1) is 6.61. The van der Waals surface area contributed by atoms with Crippen LogP contribution in [0, 0.1) is 0 Å². The SMILES string of the molecule is CC(CO)(CO)Nc1ncncc1Cl. The molecule has 0 spiro atoms.